The fourth-order valence-corrected chi connectivity index (χ4v) is 1.60. The molecule has 1 aromatic rings. The minimum atomic E-state index is -0.399. The lowest BCUT2D eigenvalue weighted by atomic mass is 10.1. The fraction of sp³-hybridized carbons (Fsp3) is 0.400. The maximum atomic E-state index is 11.7. The summed E-state index contributed by atoms with van der Waals surface area (Å²) in [5.41, 5.74) is 1.82. The SMILES string of the molecule is COc1cccc(/C(C)=C/C(=O)NCCC(C)O)c1. The quantitative estimate of drug-likeness (QED) is 0.772. The first-order valence-corrected chi connectivity index (χ1v) is 6.31. The van der Waals surface area contributed by atoms with E-state index in [1.165, 1.54) is 0 Å². The van der Waals surface area contributed by atoms with Crippen molar-refractivity contribution in [3.05, 3.63) is 35.9 Å². The van der Waals surface area contributed by atoms with Crippen LogP contribution in [-0.2, 0) is 4.79 Å². The third-order valence-corrected chi connectivity index (χ3v) is 2.73. The molecule has 0 spiro atoms. The van der Waals surface area contributed by atoms with E-state index < -0.39 is 6.10 Å². The predicted octanol–water partition coefficient (Wildman–Crippen LogP) is 1.99. The topological polar surface area (TPSA) is 58.6 Å². The Bertz CT molecular complexity index is 452. The van der Waals surface area contributed by atoms with Crippen molar-refractivity contribution in [2.24, 2.45) is 0 Å². The Kier molecular flexibility index (Phi) is 6.09. The zero-order valence-corrected chi connectivity index (χ0v) is 11.6. The van der Waals surface area contributed by atoms with Crippen molar-refractivity contribution in [1.82, 2.24) is 5.32 Å². The molecule has 0 fully saturated rings. The summed E-state index contributed by atoms with van der Waals surface area (Å²) < 4.78 is 5.15. The summed E-state index contributed by atoms with van der Waals surface area (Å²) in [5.74, 6) is 0.612. The van der Waals surface area contributed by atoms with E-state index in [2.05, 4.69) is 5.32 Å². The molecule has 4 heteroatoms. The molecule has 1 amide bonds. The van der Waals surface area contributed by atoms with E-state index in [0.717, 1.165) is 16.9 Å². The van der Waals surface area contributed by atoms with Gasteiger partial charge < -0.3 is 15.2 Å². The summed E-state index contributed by atoms with van der Waals surface area (Å²) in [7, 11) is 1.61. The number of methoxy groups -OCH3 is 1. The number of aliphatic hydroxyl groups excluding tert-OH is 1. The lowest BCUT2D eigenvalue weighted by Gasteiger charge is -2.07. The van der Waals surface area contributed by atoms with Crippen LogP contribution < -0.4 is 10.1 Å². The van der Waals surface area contributed by atoms with Crippen LogP contribution in [0, 0.1) is 0 Å². The highest BCUT2D eigenvalue weighted by atomic mass is 16.5. The van der Waals surface area contributed by atoms with Gasteiger partial charge in [0.05, 0.1) is 13.2 Å². The van der Waals surface area contributed by atoms with Crippen LogP contribution in [-0.4, -0.2) is 30.8 Å². The summed E-state index contributed by atoms with van der Waals surface area (Å²) in [6, 6.07) is 7.56. The third kappa shape index (κ3) is 5.57. The van der Waals surface area contributed by atoms with E-state index in [1.54, 1.807) is 20.1 Å². The predicted molar refractivity (Wildman–Crippen MR) is 76.0 cm³/mol. The summed E-state index contributed by atoms with van der Waals surface area (Å²) in [6.45, 7) is 4.05. The van der Waals surface area contributed by atoms with E-state index in [0.29, 0.717) is 13.0 Å². The van der Waals surface area contributed by atoms with Gasteiger partial charge in [0.25, 0.3) is 0 Å². The molecule has 4 nitrogen and oxygen atoms in total. The van der Waals surface area contributed by atoms with Crippen molar-refractivity contribution in [2.75, 3.05) is 13.7 Å². The van der Waals surface area contributed by atoms with Gasteiger partial charge in [0.15, 0.2) is 0 Å². The Hall–Kier alpha value is -1.81. The van der Waals surface area contributed by atoms with Crippen LogP contribution in [0.2, 0.25) is 0 Å². The van der Waals surface area contributed by atoms with Gasteiger partial charge in [0, 0.05) is 12.6 Å². The number of nitrogens with one attached hydrogen (secondary N) is 1. The summed E-state index contributed by atoms with van der Waals surface area (Å²) in [6.07, 6.45) is 1.71. The molecule has 0 aromatic heterocycles. The number of amides is 1. The molecule has 0 saturated carbocycles. The third-order valence-electron chi connectivity index (χ3n) is 2.73. The number of carbonyl (C=O) groups excluding carboxylic acids is 1. The summed E-state index contributed by atoms with van der Waals surface area (Å²) >= 11 is 0. The Morgan fingerprint density at radius 1 is 1.53 bits per heavy atom. The van der Waals surface area contributed by atoms with Crippen molar-refractivity contribution < 1.29 is 14.6 Å². The molecule has 19 heavy (non-hydrogen) atoms. The van der Waals surface area contributed by atoms with Gasteiger partial charge in [0.1, 0.15) is 5.75 Å². The van der Waals surface area contributed by atoms with Gasteiger partial charge in [-0.1, -0.05) is 12.1 Å². The maximum absolute atomic E-state index is 11.7. The molecule has 0 bridgehead atoms. The normalized spacial score (nSPS) is 12.9. The first kappa shape index (κ1) is 15.2. The van der Waals surface area contributed by atoms with Crippen molar-refractivity contribution >= 4 is 11.5 Å². The van der Waals surface area contributed by atoms with Gasteiger partial charge in [-0.2, -0.15) is 0 Å². The number of allylic oxidation sites excluding steroid dienone is 1. The number of hydrogen-bond donors (Lipinski definition) is 2. The van der Waals surface area contributed by atoms with Gasteiger partial charge in [-0.25, -0.2) is 0 Å². The largest absolute Gasteiger partial charge is 0.497 e. The highest BCUT2D eigenvalue weighted by molar-refractivity contribution is 5.94. The van der Waals surface area contributed by atoms with E-state index in [4.69, 9.17) is 9.84 Å². The second kappa shape index (κ2) is 7.59. The Morgan fingerprint density at radius 3 is 2.89 bits per heavy atom. The molecule has 0 aliphatic rings. The van der Waals surface area contributed by atoms with Gasteiger partial charge in [-0.15, -0.1) is 0 Å². The Balaban J connectivity index is 2.62. The number of hydrogen-bond acceptors (Lipinski definition) is 3. The fourth-order valence-electron chi connectivity index (χ4n) is 1.60. The number of carbonyl (C=O) groups is 1. The molecular weight excluding hydrogens is 242 g/mol. The van der Waals surface area contributed by atoms with Crippen LogP contribution in [0.4, 0.5) is 0 Å². The van der Waals surface area contributed by atoms with Crippen LogP contribution in [0.5, 0.6) is 5.75 Å². The monoisotopic (exact) mass is 263 g/mol. The molecule has 104 valence electrons. The van der Waals surface area contributed by atoms with Crippen LogP contribution in [0.3, 0.4) is 0 Å². The molecule has 1 atom stereocenters. The van der Waals surface area contributed by atoms with Gasteiger partial charge in [-0.05, 0) is 43.5 Å². The minimum Gasteiger partial charge on any atom is -0.497 e. The van der Waals surface area contributed by atoms with E-state index in [1.807, 2.05) is 31.2 Å². The first-order chi connectivity index (χ1) is 9.02. The lowest BCUT2D eigenvalue weighted by molar-refractivity contribution is -0.116. The molecular formula is C15H21NO3. The smallest absolute Gasteiger partial charge is 0.244 e. The number of ether oxygens (including phenoxy) is 1. The summed E-state index contributed by atoms with van der Waals surface area (Å²) in [4.78, 5) is 11.7. The first-order valence-electron chi connectivity index (χ1n) is 6.31. The molecule has 0 aliphatic carbocycles. The van der Waals surface area contributed by atoms with E-state index >= 15 is 0 Å². The molecule has 1 aromatic carbocycles. The van der Waals surface area contributed by atoms with Crippen LogP contribution in [0.1, 0.15) is 25.8 Å². The van der Waals surface area contributed by atoms with E-state index in [9.17, 15) is 4.79 Å². The van der Waals surface area contributed by atoms with Crippen molar-refractivity contribution in [1.29, 1.82) is 0 Å². The molecule has 1 unspecified atom stereocenters. The molecule has 0 saturated heterocycles. The Labute approximate surface area is 114 Å². The average Bonchev–Trinajstić information content (AvgIpc) is 2.38. The van der Waals surface area contributed by atoms with Crippen molar-refractivity contribution in [2.45, 2.75) is 26.4 Å². The van der Waals surface area contributed by atoms with Gasteiger partial charge >= 0.3 is 0 Å². The highest BCUT2D eigenvalue weighted by Crippen LogP contribution is 2.19. The highest BCUT2D eigenvalue weighted by Gasteiger charge is 2.02. The van der Waals surface area contributed by atoms with Crippen molar-refractivity contribution in [3.63, 3.8) is 0 Å². The molecule has 1 rings (SSSR count). The van der Waals surface area contributed by atoms with Crippen LogP contribution >= 0.6 is 0 Å². The summed E-state index contributed by atoms with van der Waals surface area (Å²) in [5, 5.41) is 11.8. The number of benzene rings is 1. The lowest BCUT2D eigenvalue weighted by Crippen LogP contribution is -2.24. The standard InChI is InChI=1S/C15H21NO3/c1-11(9-15(18)16-8-7-12(2)17)13-5-4-6-14(10-13)19-3/h4-6,9-10,12,17H,7-8H2,1-3H3,(H,16,18)/b11-9+. The molecule has 0 radical (unpaired) electrons. The van der Waals surface area contributed by atoms with Gasteiger partial charge in [-0.3, -0.25) is 4.79 Å². The number of aliphatic hydroxyl groups is 1. The van der Waals surface area contributed by atoms with Crippen LogP contribution in [0.25, 0.3) is 5.57 Å². The van der Waals surface area contributed by atoms with E-state index in [-0.39, 0.29) is 5.91 Å². The second-order valence-corrected chi connectivity index (χ2v) is 4.49. The second-order valence-electron chi connectivity index (χ2n) is 4.49. The van der Waals surface area contributed by atoms with Gasteiger partial charge in [0.2, 0.25) is 5.91 Å². The average molecular weight is 263 g/mol. The maximum Gasteiger partial charge on any atom is 0.244 e. The van der Waals surface area contributed by atoms with Crippen molar-refractivity contribution in [3.8, 4) is 5.75 Å². The van der Waals surface area contributed by atoms with Crippen LogP contribution in [0.15, 0.2) is 30.3 Å². The number of rotatable bonds is 6. The zero-order valence-electron chi connectivity index (χ0n) is 11.6. The molecule has 0 aliphatic heterocycles. The molecule has 2 N–H and O–H groups in total. The Morgan fingerprint density at radius 2 is 2.26 bits per heavy atom. The minimum absolute atomic E-state index is 0.152. The molecule has 0 heterocycles. The zero-order chi connectivity index (χ0) is 14.3.